The van der Waals surface area contributed by atoms with Gasteiger partial charge in [0.1, 0.15) is 23.9 Å². The molecule has 0 unspecified atom stereocenters. The molecule has 88 heavy (non-hydrogen) atoms. The Morgan fingerprint density at radius 1 is 0.750 bits per heavy atom. The summed E-state index contributed by atoms with van der Waals surface area (Å²) in [7, 11) is 0. The minimum Gasteiger partial charge on any atom is -0.494 e. The molecule has 2 aromatic carbocycles. The first kappa shape index (κ1) is 69.9. The Morgan fingerprint density at radius 3 is 1.94 bits per heavy atom. The molecule has 7 N–H and O–H groups in total. The zero-order valence-corrected chi connectivity index (χ0v) is 51.8. The van der Waals surface area contributed by atoms with Crippen LogP contribution in [0.3, 0.4) is 0 Å². The zero-order chi connectivity index (χ0) is 63.8. The van der Waals surface area contributed by atoms with Gasteiger partial charge in [0.2, 0.25) is 29.5 Å². The molecule has 6 rings (SSSR count). The Labute approximate surface area is 523 Å². The fourth-order valence-corrected chi connectivity index (χ4v) is 11.4. The van der Waals surface area contributed by atoms with Crippen LogP contribution in [0.4, 0.5) is 8.78 Å². The highest BCUT2D eigenvalue weighted by molar-refractivity contribution is 14.1. The largest absolute Gasteiger partial charge is 0.494 e. The van der Waals surface area contributed by atoms with Crippen molar-refractivity contribution in [3.05, 3.63) is 69.4 Å². The molecule has 480 valence electrons. The molecular weight excluding hydrogens is 1260 g/mol. The van der Waals surface area contributed by atoms with Gasteiger partial charge in [0.25, 0.3) is 11.8 Å². The van der Waals surface area contributed by atoms with Gasteiger partial charge >= 0.3 is 17.9 Å². The van der Waals surface area contributed by atoms with Crippen LogP contribution < -0.4 is 26.0 Å². The van der Waals surface area contributed by atoms with Crippen LogP contribution in [0.15, 0.2) is 54.7 Å². The van der Waals surface area contributed by atoms with Crippen LogP contribution in [-0.2, 0) is 44.8 Å². The fraction of sp³-hybridized carbons (Fsp3) is 0.583. The Hall–Kier alpha value is -7.20. The number of amides is 6. The summed E-state index contributed by atoms with van der Waals surface area (Å²) in [6.45, 7) is 1.99. The highest BCUT2D eigenvalue weighted by atomic mass is 127. The van der Waals surface area contributed by atoms with Crippen LogP contribution in [0, 0.1) is 20.8 Å². The maximum absolute atomic E-state index is 14.2. The Morgan fingerprint density at radius 2 is 1.35 bits per heavy atom. The number of ether oxygens (including phenoxy) is 1. The second-order valence-corrected chi connectivity index (χ2v) is 23.9. The maximum atomic E-state index is 14.2. The van der Waals surface area contributed by atoms with Crippen molar-refractivity contribution in [1.29, 1.82) is 5.26 Å². The lowest BCUT2D eigenvalue weighted by atomic mass is 9.92. The number of hydrogen-bond acceptors (Lipinski definition) is 16. The van der Waals surface area contributed by atoms with E-state index in [1.165, 1.54) is 12.3 Å². The van der Waals surface area contributed by atoms with Crippen molar-refractivity contribution < 1.29 is 72.0 Å². The van der Waals surface area contributed by atoms with E-state index in [1.54, 1.807) is 55.7 Å². The van der Waals surface area contributed by atoms with Gasteiger partial charge in [0, 0.05) is 100.0 Å². The van der Waals surface area contributed by atoms with E-state index < -0.39 is 85.1 Å². The molecule has 3 saturated heterocycles. The van der Waals surface area contributed by atoms with Crippen molar-refractivity contribution in [3.8, 4) is 11.8 Å². The van der Waals surface area contributed by atoms with Crippen molar-refractivity contribution in [2.75, 3.05) is 118 Å². The van der Waals surface area contributed by atoms with E-state index in [9.17, 15) is 72.5 Å². The number of fused-ring (bicyclic) bond motifs is 1. The number of aryl methyl sites for hydroxylation is 1. The lowest BCUT2D eigenvalue weighted by Crippen LogP contribution is -2.55. The van der Waals surface area contributed by atoms with Crippen LogP contribution in [-0.4, -0.2) is 245 Å². The number of rotatable bonds is 29. The number of nitrogens with one attached hydrogen (secondary N) is 4. The quantitative estimate of drug-likeness (QED) is 0.0388. The van der Waals surface area contributed by atoms with Crippen molar-refractivity contribution >= 4 is 86.8 Å². The number of likely N-dealkylation sites (tertiary alicyclic amines) is 2. The summed E-state index contributed by atoms with van der Waals surface area (Å²) >= 11 is 2.24. The molecule has 3 aromatic rings. The van der Waals surface area contributed by atoms with Gasteiger partial charge in [-0.3, -0.25) is 67.7 Å². The summed E-state index contributed by atoms with van der Waals surface area (Å²) < 4.78 is 35.1. The number of nitrogens with zero attached hydrogens (tertiary/aromatic N) is 8. The number of aliphatic carboxylic acids is 3. The van der Waals surface area contributed by atoms with E-state index in [0.717, 1.165) is 26.9 Å². The van der Waals surface area contributed by atoms with E-state index in [-0.39, 0.29) is 108 Å². The van der Waals surface area contributed by atoms with Gasteiger partial charge < -0.3 is 51.1 Å². The Balaban J connectivity index is 1.000. The molecule has 3 aliphatic rings. The molecule has 1 aromatic heterocycles. The Bertz CT molecular complexity index is 2900. The molecule has 0 aliphatic carbocycles. The lowest BCUT2D eigenvalue weighted by molar-refractivity contribution is -0.140. The molecular formula is C60H81F2IN12O13. The lowest BCUT2D eigenvalue weighted by Gasteiger charge is -2.34. The third-order valence-corrected chi connectivity index (χ3v) is 16.5. The fourth-order valence-electron chi connectivity index (χ4n) is 11.0. The second kappa shape index (κ2) is 35.1. The zero-order valence-electron chi connectivity index (χ0n) is 49.6. The molecule has 3 fully saturated rings. The number of pyridine rings is 1. The predicted octanol–water partition coefficient (Wildman–Crippen LogP) is 2.50. The van der Waals surface area contributed by atoms with Crippen LogP contribution in [0.2, 0.25) is 0 Å². The van der Waals surface area contributed by atoms with Crippen LogP contribution >= 0.6 is 22.6 Å². The Kier molecular flexibility index (Phi) is 27.9. The molecule has 0 radical (unpaired) electrons. The molecule has 3 aliphatic heterocycles. The smallest absolute Gasteiger partial charge is 0.317 e. The van der Waals surface area contributed by atoms with Crippen LogP contribution in [0.25, 0.3) is 10.9 Å². The first-order valence-corrected chi connectivity index (χ1v) is 30.9. The van der Waals surface area contributed by atoms with Crippen LogP contribution in [0.5, 0.6) is 5.75 Å². The molecule has 28 heteroatoms. The van der Waals surface area contributed by atoms with Gasteiger partial charge in [0.05, 0.1) is 63.0 Å². The highest BCUT2D eigenvalue weighted by Gasteiger charge is 2.47. The van der Waals surface area contributed by atoms with Crippen molar-refractivity contribution in [2.24, 2.45) is 5.92 Å². The second-order valence-electron chi connectivity index (χ2n) is 22.7. The number of carboxylic acid groups (broad SMARTS) is 3. The number of benzene rings is 2. The number of piperidine rings is 1. The highest BCUT2D eigenvalue weighted by Crippen LogP contribution is 2.32. The molecule has 3 atom stereocenters. The maximum Gasteiger partial charge on any atom is 0.317 e. The van der Waals surface area contributed by atoms with E-state index in [2.05, 4.69) is 48.8 Å². The number of hydrogen-bond donors (Lipinski definition) is 7. The standard InChI is InChI=1S/C60H81F2IN12O13/c1-41(59(87)74-21-17-43(18-22-74)7-5-31-88-46-14-15-49-48(32-46)47(16-20-65-49)57(85)67-35-53(78)75-40-60(61,62)33-45(75)34-64)68-58(86)50(8-2-3-19-66-51(76)9-4-6-42-10-12-44(63)13-11-42)69-52(77)36-70-23-25-71(37-54(79)80)27-29-73(39-56(83)84)30-28-72(26-24-70)38-55(81)82/h10-16,20,32,41,43,45,50H,2-9,17-19,21-31,33,35-40H2,1H3,(H,66,76)(H,67,85)(H,68,86)(H,69,77)(H,79,80)(H,81,82)(H,83,84)/t41-,45+,50-/m0/s1. The minimum absolute atomic E-state index is 0.102. The van der Waals surface area contributed by atoms with Crippen molar-refractivity contribution in [2.45, 2.75) is 102 Å². The number of unbranched alkanes of at least 4 members (excludes halogenated alkanes) is 1. The summed E-state index contributed by atoms with van der Waals surface area (Å²) in [6.07, 6.45) is 6.40. The van der Waals surface area contributed by atoms with Gasteiger partial charge in [-0.15, -0.1) is 0 Å². The average molecular weight is 1340 g/mol. The topological polar surface area (TPSA) is 328 Å². The number of halogens is 3. The summed E-state index contributed by atoms with van der Waals surface area (Å²) in [5.74, 6) is -8.64. The van der Waals surface area contributed by atoms with Crippen molar-refractivity contribution in [3.63, 3.8) is 0 Å². The third kappa shape index (κ3) is 23.7. The summed E-state index contributed by atoms with van der Waals surface area (Å²) in [5, 5.41) is 49.7. The van der Waals surface area contributed by atoms with E-state index in [4.69, 9.17) is 4.74 Å². The SMILES string of the molecule is C[C@H](NC(=O)[C@H](CCCCNC(=O)CCCc1ccc(I)cc1)NC(=O)CN1CCN(CC(=O)O)CCN(CC(=O)O)CCN(CC(=O)O)CC1)C(=O)N1CCC(CCCOc2ccc3nccc(C(=O)NCC(=O)N4CC(F)(F)C[C@@H]4C#N)c3c2)CC1. The predicted molar refractivity (Wildman–Crippen MR) is 326 cm³/mol. The number of alkyl halides is 2. The van der Waals surface area contributed by atoms with E-state index in [1.807, 2.05) is 24.3 Å². The van der Waals surface area contributed by atoms with Gasteiger partial charge in [-0.1, -0.05) is 12.1 Å². The van der Waals surface area contributed by atoms with E-state index >= 15 is 0 Å². The molecule has 0 saturated carbocycles. The van der Waals surface area contributed by atoms with Crippen molar-refractivity contribution in [1.82, 2.24) is 55.7 Å². The third-order valence-electron chi connectivity index (χ3n) is 15.8. The monoisotopic (exact) mass is 1340 g/mol. The van der Waals surface area contributed by atoms with Gasteiger partial charge in [-0.25, -0.2) is 8.78 Å². The minimum atomic E-state index is -3.19. The van der Waals surface area contributed by atoms with Crippen LogP contribution in [0.1, 0.15) is 87.1 Å². The van der Waals surface area contributed by atoms with Gasteiger partial charge in [-0.05, 0) is 135 Å². The summed E-state index contributed by atoms with van der Waals surface area (Å²) in [5.41, 5.74) is 1.82. The number of aromatic nitrogens is 1. The molecule has 6 amide bonds. The summed E-state index contributed by atoms with van der Waals surface area (Å²) in [6, 6.07) is 13.0. The number of carbonyl (C=O) groups excluding carboxylic acids is 6. The number of carbonyl (C=O) groups is 9. The first-order valence-electron chi connectivity index (χ1n) is 29.9. The molecule has 0 spiro atoms. The summed E-state index contributed by atoms with van der Waals surface area (Å²) in [4.78, 5) is 130. The molecule has 4 heterocycles. The number of carboxylic acids is 3. The molecule has 25 nitrogen and oxygen atoms in total. The molecule has 0 bridgehead atoms. The average Bonchev–Trinajstić information content (AvgIpc) is 3.18. The number of nitriles is 1. The normalized spacial score (nSPS) is 18.2. The van der Waals surface area contributed by atoms with E-state index in [0.29, 0.717) is 87.8 Å². The van der Waals surface area contributed by atoms with Gasteiger partial charge in [-0.2, -0.15) is 5.26 Å². The first-order chi connectivity index (χ1) is 42.0. The van der Waals surface area contributed by atoms with Gasteiger partial charge in [0.15, 0.2) is 0 Å².